The Morgan fingerprint density at radius 2 is 2.17 bits per heavy atom. The summed E-state index contributed by atoms with van der Waals surface area (Å²) in [5.41, 5.74) is 1.44. The van der Waals surface area contributed by atoms with Crippen LogP contribution in [0.2, 0.25) is 5.02 Å². The van der Waals surface area contributed by atoms with Gasteiger partial charge in [-0.25, -0.2) is 9.98 Å². The van der Waals surface area contributed by atoms with Crippen molar-refractivity contribution in [3.05, 3.63) is 59.3 Å². The third-order valence-corrected chi connectivity index (χ3v) is 4.75. The van der Waals surface area contributed by atoms with Gasteiger partial charge in [-0.3, -0.25) is 9.59 Å². The maximum Gasteiger partial charge on any atom is 0.253 e. The molecule has 1 unspecified atom stereocenters. The minimum atomic E-state index is -0.307. The monoisotopic (exact) mass is 415 g/mol. The molecule has 1 aromatic heterocycles. The highest BCUT2D eigenvalue weighted by molar-refractivity contribution is 6.32. The molecular weight excluding hydrogens is 392 g/mol. The molecule has 8 nitrogen and oxygen atoms in total. The summed E-state index contributed by atoms with van der Waals surface area (Å²) in [7, 11) is 3.62. The number of hydrogen-bond donors (Lipinski definition) is 2. The van der Waals surface area contributed by atoms with Gasteiger partial charge in [0.15, 0.2) is 0 Å². The SMILES string of the molecule is [2H]c1nc(=NC2CCN(C(=O)c3ccc(NC(=O)C=C)cc3)C2)[nH]c(N(C)C)c1Cl. The van der Waals surface area contributed by atoms with Crippen LogP contribution >= 0.6 is 11.6 Å². The number of H-pyrrole nitrogens is 1. The van der Waals surface area contributed by atoms with E-state index in [1.807, 2.05) is 14.1 Å². The summed E-state index contributed by atoms with van der Waals surface area (Å²) in [6.45, 7) is 4.43. The van der Waals surface area contributed by atoms with E-state index in [-0.39, 0.29) is 29.1 Å². The van der Waals surface area contributed by atoms with Crippen LogP contribution in [0.5, 0.6) is 0 Å². The molecule has 2 heterocycles. The molecule has 0 radical (unpaired) electrons. The van der Waals surface area contributed by atoms with Crippen LogP contribution in [0.25, 0.3) is 0 Å². The molecule has 0 aliphatic carbocycles. The first-order valence-electron chi connectivity index (χ1n) is 9.59. The molecule has 0 spiro atoms. The summed E-state index contributed by atoms with van der Waals surface area (Å²) in [4.78, 5) is 39.3. The average molecular weight is 416 g/mol. The van der Waals surface area contributed by atoms with Crippen LogP contribution in [-0.2, 0) is 4.79 Å². The first kappa shape index (κ1) is 19.2. The largest absolute Gasteiger partial charge is 0.363 e. The number of hydrogen-bond acceptors (Lipinski definition) is 5. The minimum Gasteiger partial charge on any atom is -0.363 e. The normalized spacial score (nSPS) is 17.1. The number of carbonyl (C=O) groups is 2. The van der Waals surface area contributed by atoms with E-state index in [1.54, 1.807) is 34.1 Å². The van der Waals surface area contributed by atoms with E-state index in [1.165, 1.54) is 6.08 Å². The molecule has 1 fully saturated rings. The number of amides is 2. The van der Waals surface area contributed by atoms with E-state index < -0.39 is 0 Å². The van der Waals surface area contributed by atoms with E-state index in [2.05, 4.69) is 26.9 Å². The molecule has 1 atom stereocenters. The molecule has 3 rings (SSSR count). The van der Waals surface area contributed by atoms with Crippen molar-refractivity contribution in [2.75, 3.05) is 37.4 Å². The third kappa shape index (κ3) is 5.03. The number of aromatic amines is 1. The fourth-order valence-corrected chi connectivity index (χ4v) is 3.25. The van der Waals surface area contributed by atoms with Gasteiger partial charge in [0.25, 0.3) is 5.91 Å². The zero-order chi connectivity index (χ0) is 21.8. The molecule has 2 amide bonds. The summed E-state index contributed by atoms with van der Waals surface area (Å²) in [6.07, 6.45) is 1.83. The summed E-state index contributed by atoms with van der Waals surface area (Å²) in [6, 6.07) is 6.58. The van der Waals surface area contributed by atoms with Crippen molar-refractivity contribution in [3.63, 3.8) is 0 Å². The number of rotatable bonds is 5. The summed E-state index contributed by atoms with van der Waals surface area (Å²) in [5.74, 6) is 0.154. The number of likely N-dealkylation sites (tertiary alicyclic amines) is 1. The maximum atomic E-state index is 12.8. The second-order valence-electron chi connectivity index (χ2n) is 6.82. The van der Waals surface area contributed by atoms with Crippen molar-refractivity contribution in [2.24, 2.45) is 4.99 Å². The van der Waals surface area contributed by atoms with E-state index in [4.69, 9.17) is 13.0 Å². The molecule has 152 valence electrons. The molecule has 1 aromatic carbocycles. The van der Waals surface area contributed by atoms with Gasteiger partial charge < -0.3 is 20.1 Å². The number of nitrogens with one attached hydrogen (secondary N) is 2. The number of nitrogens with zero attached hydrogens (tertiary/aromatic N) is 4. The Balaban J connectivity index is 1.71. The van der Waals surface area contributed by atoms with Gasteiger partial charge in [0.05, 0.1) is 18.6 Å². The highest BCUT2D eigenvalue weighted by Crippen LogP contribution is 2.19. The van der Waals surface area contributed by atoms with Gasteiger partial charge in [-0.05, 0) is 36.8 Å². The number of halogens is 1. The lowest BCUT2D eigenvalue weighted by molar-refractivity contribution is -0.111. The molecule has 0 bridgehead atoms. The van der Waals surface area contributed by atoms with Gasteiger partial charge in [0, 0.05) is 38.4 Å². The van der Waals surface area contributed by atoms with Crippen LogP contribution in [0, 0.1) is 0 Å². The number of benzene rings is 1. The smallest absolute Gasteiger partial charge is 0.253 e. The van der Waals surface area contributed by atoms with Crippen LogP contribution in [0.4, 0.5) is 11.5 Å². The van der Waals surface area contributed by atoms with E-state index in [0.717, 1.165) is 0 Å². The van der Waals surface area contributed by atoms with Gasteiger partial charge in [0.1, 0.15) is 5.82 Å². The Labute approximate surface area is 175 Å². The van der Waals surface area contributed by atoms with Gasteiger partial charge in [-0.1, -0.05) is 18.2 Å². The number of carbonyl (C=O) groups excluding carboxylic acids is 2. The quantitative estimate of drug-likeness (QED) is 0.731. The molecule has 2 aromatic rings. The van der Waals surface area contributed by atoms with Crippen molar-refractivity contribution in [1.29, 1.82) is 0 Å². The van der Waals surface area contributed by atoms with Crippen molar-refractivity contribution in [3.8, 4) is 0 Å². The Hall–Kier alpha value is -3.13. The Bertz CT molecular complexity index is 1030. The first-order chi connectivity index (χ1) is 14.3. The highest BCUT2D eigenvalue weighted by atomic mass is 35.5. The average Bonchev–Trinajstić information content (AvgIpc) is 3.18. The van der Waals surface area contributed by atoms with Crippen molar-refractivity contribution in [2.45, 2.75) is 12.5 Å². The molecule has 2 N–H and O–H groups in total. The van der Waals surface area contributed by atoms with Gasteiger partial charge >= 0.3 is 0 Å². The van der Waals surface area contributed by atoms with E-state index in [0.29, 0.717) is 42.2 Å². The predicted molar refractivity (Wildman–Crippen MR) is 113 cm³/mol. The van der Waals surface area contributed by atoms with Gasteiger partial charge in [0.2, 0.25) is 11.5 Å². The maximum absolute atomic E-state index is 12.8. The second kappa shape index (κ2) is 8.91. The standard InChI is InChI=1S/C20H23ClN6O2/c1-4-17(28)23-14-7-5-13(6-8-14)19(29)27-10-9-15(12-27)24-20-22-11-16(21)18(25-20)26(2)3/h4-8,11,15H,1,9-10,12H2,2-3H3,(H,23,28)(H,22,24,25)/i11D. The molecule has 0 saturated carbocycles. The Morgan fingerprint density at radius 1 is 1.45 bits per heavy atom. The highest BCUT2D eigenvalue weighted by Gasteiger charge is 2.26. The lowest BCUT2D eigenvalue weighted by Crippen LogP contribution is -2.30. The molecule has 1 aliphatic heterocycles. The van der Waals surface area contributed by atoms with Crippen LogP contribution in [-0.4, -0.2) is 59.9 Å². The zero-order valence-corrected chi connectivity index (χ0v) is 17.0. The molecular formula is C20H23ClN6O2. The van der Waals surface area contributed by atoms with Gasteiger partial charge in [-0.15, -0.1) is 0 Å². The topological polar surface area (TPSA) is 93.7 Å². The van der Waals surface area contributed by atoms with Crippen molar-refractivity contribution < 1.29 is 11.0 Å². The fourth-order valence-electron chi connectivity index (χ4n) is 2.99. The van der Waals surface area contributed by atoms with Crippen LogP contribution in [0.1, 0.15) is 18.1 Å². The minimum absolute atomic E-state index is 0.0487. The summed E-state index contributed by atoms with van der Waals surface area (Å²) in [5, 5.41) is 2.88. The van der Waals surface area contributed by atoms with Crippen molar-refractivity contribution in [1.82, 2.24) is 14.9 Å². The van der Waals surface area contributed by atoms with Crippen LogP contribution in [0.3, 0.4) is 0 Å². The molecule has 29 heavy (non-hydrogen) atoms. The molecule has 1 saturated heterocycles. The molecule has 1 aliphatic rings. The van der Waals surface area contributed by atoms with Crippen LogP contribution in [0.15, 0.2) is 48.1 Å². The first-order valence-corrected chi connectivity index (χ1v) is 9.46. The second-order valence-corrected chi connectivity index (χ2v) is 7.20. The lowest BCUT2D eigenvalue weighted by Gasteiger charge is -2.16. The van der Waals surface area contributed by atoms with E-state index >= 15 is 0 Å². The van der Waals surface area contributed by atoms with Crippen LogP contribution < -0.4 is 15.8 Å². The van der Waals surface area contributed by atoms with E-state index in [9.17, 15) is 9.59 Å². The van der Waals surface area contributed by atoms with Crippen molar-refractivity contribution >= 4 is 34.9 Å². The lowest BCUT2D eigenvalue weighted by atomic mass is 10.2. The number of aromatic nitrogens is 2. The summed E-state index contributed by atoms with van der Waals surface area (Å²) >= 11 is 6.11. The Kier molecular flexibility index (Phi) is 5.90. The summed E-state index contributed by atoms with van der Waals surface area (Å²) < 4.78 is 7.91. The molecule has 9 heteroatoms. The Morgan fingerprint density at radius 3 is 2.83 bits per heavy atom. The number of anilines is 2. The van der Waals surface area contributed by atoms with Gasteiger partial charge in [-0.2, -0.15) is 0 Å². The third-order valence-electron chi connectivity index (χ3n) is 4.49. The zero-order valence-electron chi connectivity index (χ0n) is 17.3. The fraction of sp³-hybridized carbons (Fsp3) is 0.300. The predicted octanol–water partition coefficient (Wildman–Crippen LogP) is 2.07.